The summed E-state index contributed by atoms with van der Waals surface area (Å²) in [6.07, 6.45) is 0. The molecule has 2 aromatic rings. The molecule has 0 bridgehead atoms. The molecule has 0 amide bonds. The van der Waals surface area contributed by atoms with E-state index in [1.54, 1.807) is 14.0 Å². The van der Waals surface area contributed by atoms with E-state index >= 15 is 0 Å². The van der Waals surface area contributed by atoms with Crippen LogP contribution in [0.3, 0.4) is 0 Å². The summed E-state index contributed by atoms with van der Waals surface area (Å²) in [5.74, 6) is 0.301. The Bertz CT molecular complexity index is 568. The van der Waals surface area contributed by atoms with Crippen LogP contribution in [0.15, 0.2) is 18.2 Å². The predicted octanol–water partition coefficient (Wildman–Crippen LogP) is 2.90. The number of rotatable bonds is 2. The lowest BCUT2D eigenvalue weighted by Crippen LogP contribution is -1.97. The maximum absolute atomic E-state index is 12.9. The first-order chi connectivity index (χ1) is 7.99. The Balaban J connectivity index is 2.38. The summed E-state index contributed by atoms with van der Waals surface area (Å²) in [7, 11) is 1.70. The average Bonchev–Trinajstić information content (AvgIpc) is 2.48. The third kappa shape index (κ3) is 2.19. The van der Waals surface area contributed by atoms with E-state index in [0.29, 0.717) is 23.0 Å². The van der Waals surface area contributed by atoms with Crippen LogP contribution in [0.4, 0.5) is 10.1 Å². The van der Waals surface area contributed by atoms with Crippen molar-refractivity contribution >= 4 is 17.3 Å². The number of nitrogens with two attached hydrogens (primary N) is 1. The number of ether oxygens (including phenoxy) is 1. The van der Waals surface area contributed by atoms with Gasteiger partial charge >= 0.3 is 0 Å². The van der Waals surface area contributed by atoms with Crippen molar-refractivity contribution in [2.75, 3.05) is 5.73 Å². The molecule has 17 heavy (non-hydrogen) atoms. The van der Waals surface area contributed by atoms with Crippen LogP contribution in [0.5, 0.6) is 11.6 Å². The Morgan fingerprint density at radius 2 is 2.18 bits per heavy atom. The van der Waals surface area contributed by atoms with Crippen LogP contribution in [-0.4, -0.2) is 9.78 Å². The first-order valence-electron chi connectivity index (χ1n) is 4.91. The van der Waals surface area contributed by atoms with E-state index in [1.807, 2.05) is 0 Å². The molecule has 1 aromatic carbocycles. The molecule has 1 heterocycles. The van der Waals surface area contributed by atoms with Crippen LogP contribution in [0, 0.1) is 12.7 Å². The van der Waals surface area contributed by atoms with Crippen molar-refractivity contribution in [3.63, 3.8) is 0 Å². The van der Waals surface area contributed by atoms with Crippen LogP contribution in [0.2, 0.25) is 5.02 Å². The standard InChI is InChI=1S/C11H11ClFN3O/c1-6-10(14)11(16(2)15-6)17-9-4-3-7(13)5-8(9)12/h3-5H,14H2,1-2H3. The fraction of sp³-hybridized carbons (Fsp3) is 0.182. The van der Waals surface area contributed by atoms with Gasteiger partial charge in [-0.15, -0.1) is 0 Å². The van der Waals surface area contributed by atoms with E-state index in [-0.39, 0.29) is 5.02 Å². The number of nitrogens with zero attached hydrogens (tertiary/aromatic N) is 2. The molecule has 0 saturated heterocycles. The van der Waals surface area contributed by atoms with Crippen molar-refractivity contribution in [3.8, 4) is 11.6 Å². The highest BCUT2D eigenvalue weighted by molar-refractivity contribution is 6.32. The highest BCUT2D eigenvalue weighted by Crippen LogP contribution is 2.33. The van der Waals surface area contributed by atoms with Gasteiger partial charge in [0, 0.05) is 7.05 Å². The Morgan fingerprint density at radius 1 is 1.47 bits per heavy atom. The molecule has 0 radical (unpaired) electrons. The van der Waals surface area contributed by atoms with Crippen molar-refractivity contribution in [3.05, 3.63) is 34.7 Å². The fourth-order valence-corrected chi connectivity index (χ4v) is 1.64. The van der Waals surface area contributed by atoms with Crippen LogP contribution in [-0.2, 0) is 7.05 Å². The fourth-order valence-electron chi connectivity index (χ4n) is 1.44. The van der Waals surface area contributed by atoms with Gasteiger partial charge in [0.15, 0.2) is 0 Å². The zero-order valence-corrected chi connectivity index (χ0v) is 10.1. The molecular weight excluding hydrogens is 245 g/mol. The van der Waals surface area contributed by atoms with Gasteiger partial charge in [0.05, 0.1) is 10.7 Å². The number of halogens is 2. The Hall–Kier alpha value is -1.75. The molecule has 2 N–H and O–H groups in total. The normalized spacial score (nSPS) is 10.6. The summed E-state index contributed by atoms with van der Waals surface area (Å²) in [4.78, 5) is 0. The van der Waals surface area contributed by atoms with Crippen molar-refractivity contribution in [2.45, 2.75) is 6.92 Å². The number of hydrogen-bond acceptors (Lipinski definition) is 3. The molecule has 1 aromatic heterocycles. The molecule has 0 unspecified atom stereocenters. The highest BCUT2D eigenvalue weighted by atomic mass is 35.5. The summed E-state index contributed by atoms with van der Waals surface area (Å²) in [5.41, 5.74) is 6.91. The maximum atomic E-state index is 12.9. The van der Waals surface area contributed by atoms with Crippen LogP contribution < -0.4 is 10.5 Å². The van der Waals surface area contributed by atoms with E-state index in [4.69, 9.17) is 22.1 Å². The van der Waals surface area contributed by atoms with Gasteiger partial charge in [0.1, 0.15) is 17.3 Å². The quantitative estimate of drug-likeness (QED) is 0.898. The molecule has 0 aliphatic heterocycles. The smallest absolute Gasteiger partial charge is 0.241 e. The Morgan fingerprint density at radius 3 is 2.71 bits per heavy atom. The third-order valence-corrected chi connectivity index (χ3v) is 2.61. The summed E-state index contributed by atoms with van der Waals surface area (Å²) in [6.45, 7) is 1.77. The highest BCUT2D eigenvalue weighted by Gasteiger charge is 2.14. The van der Waals surface area contributed by atoms with Gasteiger partial charge in [-0.1, -0.05) is 11.6 Å². The molecule has 2 rings (SSSR count). The van der Waals surface area contributed by atoms with Crippen LogP contribution >= 0.6 is 11.6 Å². The third-order valence-electron chi connectivity index (χ3n) is 2.31. The minimum absolute atomic E-state index is 0.184. The molecule has 6 heteroatoms. The first-order valence-corrected chi connectivity index (χ1v) is 5.29. The molecule has 0 aliphatic carbocycles. The zero-order valence-electron chi connectivity index (χ0n) is 9.37. The monoisotopic (exact) mass is 255 g/mol. The van der Waals surface area contributed by atoms with Gasteiger partial charge in [-0.3, -0.25) is 0 Å². The molecule has 90 valence electrons. The van der Waals surface area contributed by atoms with Gasteiger partial charge in [-0.25, -0.2) is 9.07 Å². The second-order valence-corrected chi connectivity index (χ2v) is 4.01. The molecule has 0 aliphatic rings. The number of hydrogen-bond donors (Lipinski definition) is 1. The molecule has 4 nitrogen and oxygen atoms in total. The first kappa shape index (κ1) is 11.7. The topological polar surface area (TPSA) is 53.1 Å². The van der Waals surface area contributed by atoms with Gasteiger partial charge in [0.2, 0.25) is 5.88 Å². The lowest BCUT2D eigenvalue weighted by Gasteiger charge is -2.08. The second-order valence-electron chi connectivity index (χ2n) is 3.60. The lowest BCUT2D eigenvalue weighted by molar-refractivity contribution is 0.431. The number of aryl methyl sites for hydroxylation is 2. The largest absolute Gasteiger partial charge is 0.436 e. The maximum Gasteiger partial charge on any atom is 0.241 e. The van der Waals surface area contributed by atoms with E-state index in [2.05, 4.69) is 5.10 Å². The molecule has 0 spiro atoms. The molecule has 0 atom stereocenters. The summed E-state index contributed by atoms with van der Waals surface area (Å²) in [5, 5.41) is 4.29. The van der Waals surface area contributed by atoms with Crippen molar-refractivity contribution in [1.82, 2.24) is 9.78 Å². The Kier molecular flexibility index (Phi) is 2.93. The summed E-state index contributed by atoms with van der Waals surface area (Å²) < 4.78 is 19.9. The Labute approximate surface area is 103 Å². The number of benzene rings is 1. The second kappa shape index (κ2) is 4.25. The van der Waals surface area contributed by atoms with E-state index in [9.17, 15) is 4.39 Å². The van der Waals surface area contributed by atoms with E-state index < -0.39 is 5.82 Å². The van der Waals surface area contributed by atoms with Gasteiger partial charge in [-0.05, 0) is 25.1 Å². The van der Waals surface area contributed by atoms with Gasteiger partial charge < -0.3 is 10.5 Å². The molecule has 0 saturated carbocycles. The predicted molar refractivity (Wildman–Crippen MR) is 63.8 cm³/mol. The summed E-state index contributed by atoms with van der Waals surface area (Å²) in [6, 6.07) is 3.89. The molecular formula is C11H11ClFN3O. The number of nitrogen functional groups attached to an aromatic ring is 1. The minimum atomic E-state index is -0.420. The number of aromatic nitrogens is 2. The van der Waals surface area contributed by atoms with Crippen LogP contribution in [0.1, 0.15) is 5.69 Å². The lowest BCUT2D eigenvalue weighted by atomic mass is 10.3. The number of anilines is 1. The minimum Gasteiger partial charge on any atom is -0.436 e. The zero-order chi connectivity index (χ0) is 12.6. The average molecular weight is 256 g/mol. The SMILES string of the molecule is Cc1nn(C)c(Oc2ccc(F)cc2Cl)c1N. The van der Waals surface area contributed by atoms with Crippen molar-refractivity contribution in [1.29, 1.82) is 0 Å². The van der Waals surface area contributed by atoms with E-state index in [0.717, 1.165) is 0 Å². The molecule has 0 fully saturated rings. The van der Waals surface area contributed by atoms with Crippen LogP contribution in [0.25, 0.3) is 0 Å². The summed E-state index contributed by atoms with van der Waals surface area (Å²) >= 11 is 5.86. The van der Waals surface area contributed by atoms with Gasteiger partial charge in [-0.2, -0.15) is 5.10 Å². The van der Waals surface area contributed by atoms with Crippen molar-refractivity contribution in [2.24, 2.45) is 7.05 Å². The van der Waals surface area contributed by atoms with Crippen molar-refractivity contribution < 1.29 is 9.13 Å². The van der Waals surface area contributed by atoms with Gasteiger partial charge in [0.25, 0.3) is 0 Å². The van der Waals surface area contributed by atoms with E-state index in [1.165, 1.54) is 22.9 Å².